The second kappa shape index (κ2) is 8.68. The van der Waals surface area contributed by atoms with E-state index in [4.69, 9.17) is 0 Å². The number of carbonyl (C=O) groups excluding carboxylic acids is 1. The zero-order valence-corrected chi connectivity index (χ0v) is 14.6. The molecule has 1 saturated heterocycles. The van der Waals surface area contributed by atoms with Crippen molar-refractivity contribution in [3.05, 3.63) is 11.1 Å². The van der Waals surface area contributed by atoms with E-state index < -0.39 is 0 Å². The van der Waals surface area contributed by atoms with Gasteiger partial charge in [-0.15, -0.1) is 23.7 Å². The van der Waals surface area contributed by atoms with Crippen molar-refractivity contribution < 1.29 is 4.79 Å². The van der Waals surface area contributed by atoms with Gasteiger partial charge in [-0.25, -0.2) is 4.98 Å². The van der Waals surface area contributed by atoms with Gasteiger partial charge in [0.05, 0.1) is 5.69 Å². The Morgan fingerprint density at radius 1 is 1.48 bits per heavy atom. The average Bonchev–Trinajstić information content (AvgIpc) is 2.88. The first-order valence-corrected chi connectivity index (χ1v) is 8.13. The number of amides is 1. The van der Waals surface area contributed by atoms with Gasteiger partial charge in [0.2, 0.25) is 5.91 Å². The number of carbonyl (C=O) groups is 1. The molecule has 1 aliphatic rings. The molecule has 7 heteroatoms. The molecule has 0 spiro atoms. The maximum atomic E-state index is 11.5. The van der Waals surface area contributed by atoms with Crippen LogP contribution in [-0.4, -0.2) is 48.5 Å². The van der Waals surface area contributed by atoms with Crippen LogP contribution in [0.3, 0.4) is 0 Å². The molecule has 0 atom stereocenters. The second-order valence-corrected chi connectivity index (χ2v) is 6.12. The molecule has 0 radical (unpaired) electrons. The molecule has 0 saturated carbocycles. The molecule has 0 aliphatic carbocycles. The van der Waals surface area contributed by atoms with Crippen molar-refractivity contribution in [3.8, 4) is 0 Å². The van der Waals surface area contributed by atoms with Crippen LogP contribution in [0.15, 0.2) is 5.38 Å². The van der Waals surface area contributed by atoms with Crippen molar-refractivity contribution in [2.45, 2.75) is 39.3 Å². The van der Waals surface area contributed by atoms with E-state index in [-0.39, 0.29) is 18.3 Å². The monoisotopic (exact) mass is 332 g/mol. The highest BCUT2D eigenvalue weighted by molar-refractivity contribution is 7.14. The van der Waals surface area contributed by atoms with Crippen molar-refractivity contribution in [2.24, 2.45) is 0 Å². The van der Waals surface area contributed by atoms with Gasteiger partial charge < -0.3 is 5.32 Å². The number of anilines is 1. The van der Waals surface area contributed by atoms with Gasteiger partial charge in [0.15, 0.2) is 5.13 Å². The largest absolute Gasteiger partial charge is 0.317 e. The van der Waals surface area contributed by atoms with Gasteiger partial charge in [0, 0.05) is 31.4 Å². The second-order valence-electron chi connectivity index (χ2n) is 5.28. The Morgan fingerprint density at radius 3 is 2.71 bits per heavy atom. The van der Waals surface area contributed by atoms with E-state index in [2.05, 4.69) is 27.6 Å². The Labute approximate surface area is 137 Å². The smallest absolute Gasteiger partial charge is 0.225 e. The number of rotatable bonds is 5. The lowest BCUT2D eigenvalue weighted by Gasteiger charge is -2.31. The predicted octanol–water partition coefficient (Wildman–Crippen LogP) is 2.12. The zero-order chi connectivity index (χ0) is 14.5. The number of piperidine rings is 1. The van der Waals surface area contributed by atoms with E-state index >= 15 is 0 Å². The van der Waals surface area contributed by atoms with E-state index in [9.17, 15) is 4.79 Å². The molecular formula is C14H25ClN4OS. The number of hydrogen-bond acceptors (Lipinski definition) is 5. The maximum absolute atomic E-state index is 11.5. The third kappa shape index (κ3) is 4.92. The number of nitrogens with zero attached hydrogens (tertiary/aromatic N) is 3. The van der Waals surface area contributed by atoms with Crippen LogP contribution in [-0.2, 0) is 11.3 Å². The highest BCUT2D eigenvalue weighted by Gasteiger charge is 2.19. The van der Waals surface area contributed by atoms with Crippen molar-refractivity contribution in [1.82, 2.24) is 15.2 Å². The minimum atomic E-state index is 0. The number of halogens is 1. The molecule has 21 heavy (non-hydrogen) atoms. The van der Waals surface area contributed by atoms with E-state index in [0.29, 0.717) is 12.6 Å². The summed E-state index contributed by atoms with van der Waals surface area (Å²) in [6.45, 7) is 7.30. The summed E-state index contributed by atoms with van der Waals surface area (Å²) in [5.74, 6) is 0.0557. The Kier molecular flexibility index (Phi) is 7.59. The van der Waals surface area contributed by atoms with Crippen molar-refractivity contribution >= 4 is 34.8 Å². The Hall–Kier alpha value is -0.690. The number of aromatic nitrogens is 1. The zero-order valence-electron chi connectivity index (χ0n) is 13.0. The minimum absolute atomic E-state index is 0. The first-order valence-electron chi connectivity index (χ1n) is 7.25. The van der Waals surface area contributed by atoms with E-state index in [1.807, 2.05) is 6.92 Å². The number of nitrogens with one attached hydrogen (secondary N) is 1. The van der Waals surface area contributed by atoms with Gasteiger partial charge >= 0.3 is 0 Å². The van der Waals surface area contributed by atoms with Gasteiger partial charge in [-0.3, -0.25) is 14.6 Å². The van der Waals surface area contributed by atoms with E-state index in [1.165, 1.54) is 12.8 Å². The topological polar surface area (TPSA) is 48.5 Å². The summed E-state index contributed by atoms with van der Waals surface area (Å²) < 4.78 is 0. The Bertz CT molecular complexity index is 448. The molecule has 1 aliphatic heterocycles. The molecule has 0 unspecified atom stereocenters. The molecule has 0 bridgehead atoms. The van der Waals surface area contributed by atoms with Gasteiger partial charge in [-0.1, -0.05) is 0 Å². The summed E-state index contributed by atoms with van der Waals surface area (Å²) in [5, 5.41) is 6.27. The third-order valence-electron chi connectivity index (χ3n) is 3.81. The number of thiazole rings is 1. The molecule has 2 rings (SSSR count). The van der Waals surface area contributed by atoms with E-state index in [0.717, 1.165) is 30.5 Å². The fourth-order valence-corrected chi connectivity index (χ4v) is 3.54. The van der Waals surface area contributed by atoms with Crippen LogP contribution in [0, 0.1) is 0 Å². The van der Waals surface area contributed by atoms with Gasteiger partial charge in [-0.05, 0) is 39.9 Å². The number of hydrogen-bond donors (Lipinski definition) is 1. The Balaban J connectivity index is 0.00000220. The Morgan fingerprint density at radius 2 is 2.14 bits per heavy atom. The maximum Gasteiger partial charge on any atom is 0.225 e. The van der Waals surface area contributed by atoms with Crippen LogP contribution in [0.5, 0.6) is 0 Å². The summed E-state index contributed by atoms with van der Waals surface area (Å²) in [6, 6.07) is 0.636. The molecule has 1 aromatic rings. The SMILES string of the molecule is CCN(C(C)=O)c1nc(CN(C)C2CCNCC2)cs1.Cl. The molecule has 1 fully saturated rings. The fourth-order valence-electron chi connectivity index (χ4n) is 2.62. The molecular weight excluding hydrogens is 308 g/mol. The first-order chi connectivity index (χ1) is 9.61. The van der Waals surface area contributed by atoms with E-state index in [1.54, 1.807) is 23.2 Å². The van der Waals surface area contributed by atoms with Crippen LogP contribution in [0.2, 0.25) is 0 Å². The predicted molar refractivity (Wildman–Crippen MR) is 90.4 cm³/mol. The molecule has 5 nitrogen and oxygen atoms in total. The standard InChI is InChI=1S/C14H24N4OS.ClH/c1-4-18(11(2)19)14-16-12(10-20-14)9-17(3)13-5-7-15-8-6-13;/h10,13,15H,4-9H2,1-3H3;1H. The minimum Gasteiger partial charge on any atom is -0.317 e. The summed E-state index contributed by atoms with van der Waals surface area (Å²) in [7, 11) is 2.16. The van der Waals surface area contributed by atoms with Crippen LogP contribution < -0.4 is 10.2 Å². The fraction of sp³-hybridized carbons (Fsp3) is 0.714. The molecule has 0 aromatic carbocycles. The van der Waals surface area contributed by atoms with Crippen LogP contribution in [0.25, 0.3) is 0 Å². The summed E-state index contributed by atoms with van der Waals surface area (Å²) in [5.41, 5.74) is 1.06. The lowest BCUT2D eigenvalue weighted by Crippen LogP contribution is -2.40. The highest BCUT2D eigenvalue weighted by Crippen LogP contribution is 2.22. The van der Waals surface area contributed by atoms with Gasteiger partial charge in [-0.2, -0.15) is 0 Å². The van der Waals surface area contributed by atoms with Crippen molar-refractivity contribution in [2.75, 3.05) is 31.6 Å². The van der Waals surface area contributed by atoms with Crippen LogP contribution in [0.4, 0.5) is 5.13 Å². The molecule has 1 N–H and O–H groups in total. The summed E-state index contributed by atoms with van der Waals surface area (Å²) in [6.07, 6.45) is 2.39. The van der Waals surface area contributed by atoms with Crippen LogP contribution in [0.1, 0.15) is 32.4 Å². The summed E-state index contributed by atoms with van der Waals surface area (Å²) in [4.78, 5) is 20.2. The van der Waals surface area contributed by atoms with Crippen LogP contribution >= 0.6 is 23.7 Å². The lowest BCUT2D eigenvalue weighted by molar-refractivity contribution is -0.116. The quantitative estimate of drug-likeness (QED) is 0.897. The van der Waals surface area contributed by atoms with Crippen molar-refractivity contribution in [1.29, 1.82) is 0 Å². The molecule has 1 aromatic heterocycles. The summed E-state index contributed by atoms with van der Waals surface area (Å²) >= 11 is 1.55. The van der Waals surface area contributed by atoms with Gasteiger partial charge in [0.1, 0.15) is 0 Å². The molecule has 1 amide bonds. The van der Waals surface area contributed by atoms with Crippen molar-refractivity contribution in [3.63, 3.8) is 0 Å². The highest BCUT2D eigenvalue weighted by atomic mass is 35.5. The first kappa shape index (κ1) is 18.4. The third-order valence-corrected chi connectivity index (χ3v) is 4.72. The lowest BCUT2D eigenvalue weighted by atomic mass is 10.1. The average molecular weight is 333 g/mol. The van der Waals surface area contributed by atoms with Gasteiger partial charge in [0.25, 0.3) is 0 Å². The molecule has 2 heterocycles. The normalized spacial score (nSPS) is 15.8. The molecule has 120 valence electrons.